The molecule has 1 aliphatic heterocycles. The predicted octanol–water partition coefficient (Wildman–Crippen LogP) is 2.69. The van der Waals surface area contributed by atoms with Gasteiger partial charge in [-0.1, -0.05) is 30.3 Å². The summed E-state index contributed by atoms with van der Waals surface area (Å²) < 4.78 is 5.58. The number of nitrogens with one attached hydrogen (secondary N) is 2. The Hall–Kier alpha value is -2.90. The second-order valence-corrected chi connectivity index (χ2v) is 8.68. The van der Waals surface area contributed by atoms with Crippen LogP contribution in [0.15, 0.2) is 48.5 Å². The van der Waals surface area contributed by atoms with E-state index in [1.165, 1.54) is 5.56 Å². The molecule has 2 fully saturated rings. The Balaban J connectivity index is 1.17. The average molecular weight is 438 g/mol. The number of carbonyl (C=O) groups is 2. The number of carbonyl (C=O) groups excluding carboxylic acids is 2. The third kappa shape index (κ3) is 6.80. The van der Waals surface area contributed by atoms with Crippen LogP contribution >= 0.6 is 0 Å². The lowest BCUT2D eigenvalue weighted by Crippen LogP contribution is -2.35. The highest BCUT2D eigenvalue weighted by Crippen LogP contribution is 2.30. The minimum absolute atomic E-state index is 0.0423. The number of nitrogens with zero attached hydrogens (tertiary/aromatic N) is 1. The molecule has 0 atom stereocenters. The smallest absolute Gasteiger partial charge is 0.258 e. The standard InChI is InChI=1S/C25H31N3O4/c29-22-10-12-28(13-11-22)16-19-6-4-18(5-7-19)15-26-24(30)17-32-23-3-1-2-21(14-23)27-25(31)20-8-9-20/h1-7,14,20,22,29H,8-13,15-17H2,(H,26,30)(H,27,31). The highest BCUT2D eigenvalue weighted by atomic mass is 16.5. The van der Waals surface area contributed by atoms with Crippen molar-refractivity contribution < 1.29 is 19.4 Å². The van der Waals surface area contributed by atoms with Crippen LogP contribution in [0.2, 0.25) is 0 Å². The molecule has 2 aromatic rings. The van der Waals surface area contributed by atoms with Crippen LogP contribution in [0.25, 0.3) is 0 Å². The molecule has 0 radical (unpaired) electrons. The summed E-state index contributed by atoms with van der Waals surface area (Å²) in [5.41, 5.74) is 2.94. The normalized spacial score (nSPS) is 17.0. The van der Waals surface area contributed by atoms with Crippen molar-refractivity contribution in [2.75, 3.05) is 25.0 Å². The fourth-order valence-corrected chi connectivity index (χ4v) is 3.75. The fraction of sp³-hybridized carbons (Fsp3) is 0.440. The van der Waals surface area contributed by atoms with E-state index in [2.05, 4.69) is 27.7 Å². The third-order valence-electron chi connectivity index (χ3n) is 5.90. The molecular weight excluding hydrogens is 406 g/mol. The van der Waals surface area contributed by atoms with Crippen LogP contribution in [0.1, 0.15) is 36.8 Å². The van der Waals surface area contributed by atoms with Crippen molar-refractivity contribution in [2.45, 2.75) is 44.9 Å². The molecule has 0 aromatic heterocycles. The minimum atomic E-state index is -0.201. The Kier molecular flexibility index (Phi) is 7.39. The number of hydrogen-bond acceptors (Lipinski definition) is 5. The molecule has 7 heteroatoms. The van der Waals surface area contributed by atoms with Crippen molar-refractivity contribution in [3.63, 3.8) is 0 Å². The summed E-state index contributed by atoms with van der Waals surface area (Å²) >= 11 is 0. The number of benzene rings is 2. The molecule has 0 spiro atoms. The number of aliphatic hydroxyl groups is 1. The maximum atomic E-state index is 12.2. The lowest BCUT2D eigenvalue weighted by atomic mass is 10.1. The van der Waals surface area contributed by atoms with Gasteiger partial charge < -0.3 is 20.5 Å². The van der Waals surface area contributed by atoms with Gasteiger partial charge in [0, 0.05) is 43.9 Å². The quantitative estimate of drug-likeness (QED) is 0.561. The number of rotatable bonds is 9. The highest BCUT2D eigenvalue weighted by molar-refractivity contribution is 5.94. The van der Waals surface area contributed by atoms with Crippen molar-refractivity contribution in [3.8, 4) is 5.75 Å². The molecule has 1 heterocycles. The molecule has 4 rings (SSSR count). The molecule has 2 aromatic carbocycles. The van der Waals surface area contributed by atoms with Gasteiger partial charge in [-0.3, -0.25) is 14.5 Å². The van der Waals surface area contributed by atoms with Gasteiger partial charge >= 0.3 is 0 Å². The van der Waals surface area contributed by atoms with Gasteiger partial charge in [-0.15, -0.1) is 0 Å². The van der Waals surface area contributed by atoms with Gasteiger partial charge in [-0.05, 0) is 48.9 Å². The first-order valence-electron chi connectivity index (χ1n) is 11.3. The van der Waals surface area contributed by atoms with Gasteiger partial charge in [0.05, 0.1) is 6.10 Å². The van der Waals surface area contributed by atoms with Crippen molar-refractivity contribution >= 4 is 17.5 Å². The van der Waals surface area contributed by atoms with Gasteiger partial charge in [0.15, 0.2) is 6.61 Å². The maximum Gasteiger partial charge on any atom is 0.258 e. The van der Waals surface area contributed by atoms with Crippen LogP contribution in [0.3, 0.4) is 0 Å². The number of amides is 2. The van der Waals surface area contributed by atoms with Crippen molar-refractivity contribution in [2.24, 2.45) is 5.92 Å². The molecule has 0 unspecified atom stereocenters. The van der Waals surface area contributed by atoms with Gasteiger partial charge in [0.25, 0.3) is 5.91 Å². The largest absolute Gasteiger partial charge is 0.484 e. The van der Waals surface area contributed by atoms with Gasteiger partial charge in [-0.25, -0.2) is 0 Å². The number of ether oxygens (including phenoxy) is 1. The van der Waals surface area contributed by atoms with E-state index in [1.807, 2.05) is 18.2 Å². The number of hydrogen-bond donors (Lipinski definition) is 3. The summed E-state index contributed by atoms with van der Waals surface area (Å²) in [6, 6.07) is 15.3. The zero-order valence-corrected chi connectivity index (χ0v) is 18.3. The molecule has 1 saturated heterocycles. The molecule has 7 nitrogen and oxygen atoms in total. The van der Waals surface area contributed by atoms with E-state index >= 15 is 0 Å². The molecule has 3 N–H and O–H groups in total. The number of aliphatic hydroxyl groups excluding tert-OH is 1. The predicted molar refractivity (Wildman–Crippen MR) is 122 cm³/mol. The third-order valence-corrected chi connectivity index (χ3v) is 5.90. The first-order chi connectivity index (χ1) is 15.5. The Morgan fingerprint density at radius 2 is 1.72 bits per heavy atom. The summed E-state index contributed by atoms with van der Waals surface area (Å²) in [6.45, 7) is 3.09. The van der Waals surface area contributed by atoms with E-state index in [-0.39, 0.29) is 30.4 Å². The van der Waals surface area contributed by atoms with E-state index in [9.17, 15) is 14.7 Å². The number of anilines is 1. The Labute approximate surface area is 188 Å². The second-order valence-electron chi connectivity index (χ2n) is 8.68. The van der Waals surface area contributed by atoms with Crippen molar-refractivity contribution in [1.82, 2.24) is 10.2 Å². The van der Waals surface area contributed by atoms with Crippen LogP contribution in [-0.2, 0) is 22.7 Å². The van der Waals surface area contributed by atoms with Gasteiger partial charge in [0.1, 0.15) is 5.75 Å². The molecule has 170 valence electrons. The van der Waals surface area contributed by atoms with Crippen LogP contribution in [0, 0.1) is 5.92 Å². The van der Waals surface area contributed by atoms with E-state index in [0.717, 1.165) is 50.9 Å². The summed E-state index contributed by atoms with van der Waals surface area (Å²) in [7, 11) is 0. The minimum Gasteiger partial charge on any atom is -0.484 e. The highest BCUT2D eigenvalue weighted by Gasteiger charge is 2.29. The zero-order valence-electron chi connectivity index (χ0n) is 18.3. The van der Waals surface area contributed by atoms with Crippen molar-refractivity contribution in [1.29, 1.82) is 0 Å². The molecule has 1 saturated carbocycles. The SMILES string of the molecule is O=C(COc1cccc(NC(=O)C2CC2)c1)NCc1ccc(CN2CCC(O)CC2)cc1. The average Bonchev–Trinajstić information content (AvgIpc) is 3.65. The van der Waals surface area contributed by atoms with Crippen LogP contribution in [0.4, 0.5) is 5.69 Å². The van der Waals surface area contributed by atoms with Crippen molar-refractivity contribution in [3.05, 3.63) is 59.7 Å². The topological polar surface area (TPSA) is 90.9 Å². The van der Waals surface area contributed by atoms with E-state index < -0.39 is 0 Å². The summed E-state index contributed by atoms with van der Waals surface area (Å²) in [4.78, 5) is 26.4. The maximum absolute atomic E-state index is 12.2. The number of piperidine rings is 1. The lowest BCUT2D eigenvalue weighted by molar-refractivity contribution is -0.123. The molecule has 0 bridgehead atoms. The van der Waals surface area contributed by atoms with Crippen LogP contribution in [0.5, 0.6) is 5.75 Å². The Bertz CT molecular complexity index is 919. The molecular formula is C25H31N3O4. The number of likely N-dealkylation sites (tertiary alicyclic amines) is 1. The molecule has 2 amide bonds. The molecule has 2 aliphatic rings. The van der Waals surface area contributed by atoms with E-state index in [4.69, 9.17) is 4.74 Å². The summed E-state index contributed by atoms with van der Waals surface area (Å²) in [6.07, 6.45) is 3.43. The van der Waals surface area contributed by atoms with Gasteiger partial charge in [0.2, 0.25) is 5.91 Å². The molecule has 1 aliphatic carbocycles. The first-order valence-corrected chi connectivity index (χ1v) is 11.3. The summed E-state index contributed by atoms with van der Waals surface area (Å²) in [5.74, 6) is 0.524. The lowest BCUT2D eigenvalue weighted by Gasteiger charge is -2.29. The molecule has 32 heavy (non-hydrogen) atoms. The van der Waals surface area contributed by atoms with E-state index in [1.54, 1.807) is 18.2 Å². The van der Waals surface area contributed by atoms with Crippen LogP contribution in [-0.4, -0.2) is 47.6 Å². The Morgan fingerprint density at radius 1 is 1.00 bits per heavy atom. The first kappa shape index (κ1) is 22.3. The van der Waals surface area contributed by atoms with Gasteiger partial charge in [-0.2, -0.15) is 0 Å². The Morgan fingerprint density at radius 3 is 2.44 bits per heavy atom. The fourth-order valence-electron chi connectivity index (χ4n) is 3.75. The second kappa shape index (κ2) is 10.6. The zero-order chi connectivity index (χ0) is 22.3. The van der Waals surface area contributed by atoms with E-state index in [0.29, 0.717) is 18.0 Å². The van der Waals surface area contributed by atoms with Crippen LogP contribution < -0.4 is 15.4 Å². The summed E-state index contributed by atoms with van der Waals surface area (Å²) in [5, 5.41) is 15.4. The monoisotopic (exact) mass is 437 g/mol.